The fourth-order valence-corrected chi connectivity index (χ4v) is 4.73. The van der Waals surface area contributed by atoms with E-state index in [-0.39, 0.29) is 5.09 Å². The van der Waals surface area contributed by atoms with Crippen LogP contribution in [0, 0.1) is 0 Å². The van der Waals surface area contributed by atoms with Gasteiger partial charge in [0.25, 0.3) is 0 Å². The van der Waals surface area contributed by atoms with E-state index in [0.717, 1.165) is 12.0 Å². The first-order valence-corrected chi connectivity index (χ1v) is 9.23. The van der Waals surface area contributed by atoms with Gasteiger partial charge in [0, 0.05) is 11.6 Å². The molecule has 0 bridgehead atoms. The summed E-state index contributed by atoms with van der Waals surface area (Å²) < 4.78 is 30.9. The third-order valence-corrected chi connectivity index (χ3v) is 6.28. The molecule has 0 aliphatic carbocycles. The lowest BCUT2D eigenvalue weighted by Crippen LogP contribution is -2.20. The van der Waals surface area contributed by atoms with Gasteiger partial charge in [0.1, 0.15) is 10.3 Å². The van der Waals surface area contributed by atoms with Crippen LogP contribution in [0.1, 0.15) is 29.2 Å². The summed E-state index contributed by atoms with van der Waals surface area (Å²) in [7, 11) is 0.294. The number of hydrogen-bond acceptors (Lipinski definition) is 6. The van der Waals surface area contributed by atoms with Gasteiger partial charge < -0.3 is 9.32 Å². The van der Waals surface area contributed by atoms with Crippen LogP contribution in [0.5, 0.6) is 0 Å². The molecule has 2 heterocycles. The molecular formula is C14H20N2O3S2. The monoisotopic (exact) mass is 328 g/mol. The summed E-state index contributed by atoms with van der Waals surface area (Å²) in [6, 6.07) is 1.62. The normalized spacial score (nSPS) is 13.7. The van der Waals surface area contributed by atoms with Gasteiger partial charge in [-0.15, -0.1) is 11.3 Å². The zero-order chi connectivity index (χ0) is 15.5. The number of hydrogen-bond donors (Lipinski definition) is 0. The predicted molar refractivity (Wildman–Crippen MR) is 83.3 cm³/mol. The second-order valence-corrected chi connectivity index (χ2v) is 8.11. The first-order valence-electron chi connectivity index (χ1n) is 6.80. The quantitative estimate of drug-likeness (QED) is 0.782. The minimum absolute atomic E-state index is 0.0401. The Labute approximate surface area is 129 Å². The summed E-state index contributed by atoms with van der Waals surface area (Å²) in [5.41, 5.74) is 0.888. The molecule has 2 rings (SSSR count). The van der Waals surface area contributed by atoms with Crippen molar-refractivity contribution < 1.29 is 12.8 Å². The number of thiazole rings is 1. The molecule has 0 saturated heterocycles. The van der Waals surface area contributed by atoms with Crippen LogP contribution in [-0.4, -0.2) is 38.9 Å². The Balaban J connectivity index is 2.34. The maximum atomic E-state index is 12.8. The predicted octanol–water partition coefficient (Wildman–Crippen LogP) is 2.77. The van der Waals surface area contributed by atoms with E-state index in [4.69, 9.17) is 4.42 Å². The highest BCUT2D eigenvalue weighted by Gasteiger charge is 2.33. The molecule has 0 N–H and O–H groups in total. The van der Waals surface area contributed by atoms with Crippen molar-refractivity contribution in [3.63, 3.8) is 0 Å². The zero-order valence-electron chi connectivity index (χ0n) is 12.4. The molecule has 2 aromatic heterocycles. The van der Waals surface area contributed by atoms with Gasteiger partial charge in [0.2, 0.25) is 14.9 Å². The van der Waals surface area contributed by atoms with Crippen LogP contribution in [-0.2, 0) is 16.3 Å². The van der Waals surface area contributed by atoms with Gasteiger partial charge in [-0.25, -0.2) is 13.4 Å². The summed E-state index contributed by atoms with van der Waals surface area (Å²) in [6.07, 6.45) is 4.39. The van der Waals surface area contributed by atoms with Gasteiger partial charge in [-0.3, -0.25) is 0 Å². The summed E-state index contributed by atoms with van der Waals surface area (Å²) in [5, 5.41) is 1.80. The van der Waals surface area contributed by atoms with E-state index in [1.807, 2.05) is 25.9 Å². The molecule has 0 aliphatic heterocycles. The van der Waals surface area contributed by atoms with Crippen LogP contribution in [0.3, 0.4) is 0 Å². The maximum absolute atomic E-state index is 12.8. The third kappa shape index (κ3) is 3.72. The highest BCUT2D eigenvalue weighted by Crippen LogP contribution is 2.33. The maximum Gasteiger partial charge on any atom is 0.220 e. The summed E-state index contributed by atoms with van der Waals surface area (Å²) >= 11 is 1.37. The minimum atomic E-state index is -3.55. The summed E-state index contributed by atoms with van der Waals surface area (Å²) in [5.74, 6) is 0. The molecule has 0 spiro atoms. The second kappa shape index (κ2) is 6.72. The smallest absolute Gasteiger partial charge is 0.220 e. The fraction of sp³-hybridized carbons (Fsp3) is 0.500. The van der Waals surface area contributed by atoms with E-state index in [2.05, 4.69) is 4.98 Å². The largest absolute Gasteiger partial charge is 0.453 e. The molecule has 21 heavy (non-hydrogen) atoms. The SMILES string of the molecule is CCc1coc(S(=O)(=O)C(CCN(C)C)c2nccs2)c1. The van der Waals surface area contributed by atoms with Crippen LogP contribution in [0.25, 0.3) is 0 Å². The average molecular weight is 328 g/mol. The lowest BCUT2D eigenvalue weighted by atomic mass is 10.3. The van der Waals surface area contributed by atoms with Gasteiger partial charge in [0.05, 0.1) is 6.26 Å². The van der Waals surface area contributed by atoms with Crippen LogP contribution in [0.4, 0.5) is 0 Å². The number of aryl methyl sites for hydroxylation is 1. The van der Waals surface area contributed by atoms with Crippen molar-refractivity contribution in [1.82, 2.24) is 9.88 Å². The molecule has 0 amide bonds. The molecule has 0 radical (unpaired) electrons. The van der Waals surface area contributed by atoms with Crippen LogP contribution >= 0.6 is 11.3 Å². The molecule has 116 valence electrons. The van der Waals surface area contributed by atoms with Gasteiger partial charge >= 0.3 is 0 Å². The first-order chi connectivity index (χ1) is 9.95. The lowest BCUT2D eigenvalue weighted by molar-refractivity contribution is 0.391. The number of aromatic nitrogens is 1. The van der Waals surface area contributed by atoms with Crippen molar-refractivity contribution in [2.75, 3.05) is 20.6 Å². The Bertz CT molecular complexity index is 660. The second-order valence-electron chi connectivity index (χ2n) is 5.12. The number of nitrogens with zero attached hydrogens (tertiary/aromatic N) is 2. The van der Waals surface area contributed by atoms with Crippen molar-refractivity contribution in [2.45, 2.75) is 30.1 Å². The molecule has 7 heteroatoms. The van der Waals surface area contributed by atoms with Gasteiger partial charge in [-0.1, -0.05) is 6.92 Å². The number of furan rings is 1. The zero-order valence-corrected chi connectivity index (χ0v) is 14.1. The molecular weight excluding hydrogens is 308 g/mol. The fourth-order valence-electron chi connectivity index (χ4n) is 2.01. The molecule has 0 aromatic carbocycles. The van der Waals surface area contributed by atoms with Crippen molar-refractivity contribution in [3.8, 4) is 0 Å². The van der Waals surface area contributed by atoms with Crippen molar-refractivity contribution in [2.24, 2.45) is 0 Å². The molecule has 1 atom stereocenters. The van der Waals surface area contributed by atoms with Gasteiger partial charge in [-0.05, 0) is 45.1 Å². The number of rotatable bonds is 7. The van der Waals surface area contributed by atoms with Crippen molar-refractivity contribution >= 4 is 21.2 Å². The first kappa shape index (κ1) is 16.2. The van der Waals surface area contributed by atoms with E-state index >= 15 is 0 Å². The molecule has 0 saturated carbocycles. The standard InChI is InChI=1S/C14H20N2O3S2/c1-4-11-9-13(19-10-11)21(17,18)12(5-7-16(2)3)14-15-6-8-20-14/h6,8-10,12H,4-5,7H2,1-3H3. The Morgan fingerprint density at radius 1 is 1.43 bits per heavy atom. The van der Waals surface area contributed by atoms with Crippen molar-refractivity contribution in [1.29, 1.82) is 0 Å². The molecule has 1 unspecified atom stereocenters. The van der Waals surface area contributed by atoms with Gasteiger partial charge in [0.15, 0.2) is 0 Å². The highest BCUT2D eigenvalue weighted by molar-refractivity contribution is 7.91. The lowest BCUT2D eigenvalue weighted by Gasteiger charge is -2.16. The Morgan fingerprint density at radius 2 is 2.19 bits per heavy atom. The summed E-state index contributed by atoms with van der Waals surface area (Å²) in [6.45, 7) is 2.64. The molecule has 2 aromatic rings. The Hall–Kier alpha value is -1.18. The average Bonchev–Trinajstić information content (AvgIpc) is 3.09. The number of sulfone groups is 1. The molecule has 0 fully saturated rings. The molecule has 5 nitrogen and oxygen atoms in total. The highest BCUT2D eigenvalue weighted by atomic mass is 32.2. The van der Waals surface area contributed by atoms with E-state index in [0.29, 0.717) is 18.0 Å². The van der Waals surface area contributed by atoms with Crippen LogP contribution in [0.2, 0.25) is 0 Å². The van der Waals surface area contributed by atoms with Crippen molar-refractivity contribution in [3.05, 3.63) is 34.5 Å². The van der Waals surface area contributed by atoms with E-state index in [9.17, 15) is 8.42 Å². The Morgan fingerprint density at radius 3 is 2.71 bits per heavy atom. The van der Waals surface area contributed by atoms with Gasteiger partial charge in [-0.2, -0.15) is 0 Å². The summed E-state index contributed by atoms with van der Waals surface area (Å²) in [4.78, 5) is 6.16. The Kier molecular flexibility index (Phi) is 5.18. The van der Waals surface area contributed by atoms with Crippen LogP contribution < -0.4 is 0 Å². The van der Waals surface area contributed by atoms with E-state index in [1.54, 1.807) is 17.6 Å². The van der Waals surface area contributed by atoms with Crippen LogP contribution in [0.15, 0.2) is 33.4 Å². The third-order valence-electron chi connectivity index (χ3n) is 3.26. The van der Waals surface area contributed by atoms with E-state index < -0.39 is 15.1 Å². The topological polar surface area (TPSA) is 63.4 Å². The van der Waals surface area contributed by atoms with E-state index in [1.165, 1.54) is 17.6 Å². The molecule has 0 aliphatic rings. The minimum Gasteiger partial charge on any atom is -0.453 e.